The summed E-state index contributed by atoms with van der Waals surface area (Å²) in [6.45, 7) is 1.91. The number of carbonyl (C=O) groups excluding carboxylic acids is 2. The van der Waals surface area contributed by atoms with Crippen LogP contribution in [0, 0.1) is 5.92 Å². The summed E-state index contributed by atoms with van der Waals surface area (Å²) in [6, 6.07) is 14.1. The maximum atomic E-state index is 12.8. The Labute approximate surface area is 138 Å². The second-order valence-corrected chi connectivity index (χ2v) is 5.51. The summed E-state index contributed by atoms with van der Waals surface area (Å²) < 4.78 is 5.08. The molecule has 0 bridgehead atoms. The van der Waals surface area contributed by atoms with E-state index in [0.29, 0.717) is 22.0 Å². The molecule has 1 unspecified atom stereocenters. The Morgan fingerprint density at radius 2 is 1.96 bits per heavy atom. The van der Waals surface area contributed by atoms with Crippen molar-refractivity contribution in [3.8, 4) is 0 Å². The number of rotatable bonds is 3. The highest BCUT2D eigenvalue weighted by Gasteiger charge is 2.38. The normalized spacial score (nSPS) is 16.5. The molecule has 1 aliphatic rings. The molecule has 2 aromatic rings. The molecular weight excluding hydrogens is 314 g/mol. The van der Waals surface area contributed by atoms with E-state index in [2.05, 4.69) is 4.99 Å². The summed E-state index contributed by atoms with van der Waals surface area (Å²) in [5.74, 6) is -2.00. The highest BCUT2D eigenvalue weighted by Crippen LogP contribution is 2.33. The highest BCUT2D eigenvalue weighted by molar-refractivity contribution is 6.34. The van der Waals surface area contributed by atoms with Crippen LogP contribution in [-0.4, -0.2) is 24.1 Å². The van der Waals surface area contributed by atoms with Crippen molar-refractivity contribution in [2.45, 2.75) is 6.92 Å². The number of benzene rings is 2. The minimum atomic E-state index is -1.07. The molecule has 1 aliphatic heterocycles. The fourth-order valence-electron chi connectivity index (χ4n) is 2.56. The third-order valence-corrected chi connectivity index (χ3v) is 3.83. The third kappa shape index (κ3) is 2.90. The number of hydrogen-bond donors (Lipinski definition) is 0. The molecule has 1 heterocycles. The van der Waals surface area contributed by atoms with Crippen LogP contribution < -0.4 is 0 Å². The monoisotopic (exact) mass is 327 g/mol. The van der Waals surface area contributed by atoms with Crippen molar-refractivity contribution in [2.24, 2.45) is 10.9 Å². The van der Waals surface area contributed by atoms with Crippen LogP contribution in [0.5, 0.6) is 0 Å². The number of Topliss-reactive ketones (excluding diaryl/α,β-unsaturated/α-hetero) is 1. The average molecular weight is 328 g/mol. The van der Waals surface area contributed by atoms with Crippen LogP contribution in [0.15, 0.2) is 53.5 Å². The first-order valence-electron chi connectivity index (χ1n) is 7.26. The van der Waals surface area contributed by atoms with Gasteiger partial charge in [-0.05, 0) is 30.7 Å². The van der Waals surface area contributed by atoms with E-state index >= 15 is 0 Å². The second-order valence-electron chi connectivity index (χ2n) is 5.07. The van der Waals surface area contributed by atoms with Crippen LogP contribution in [0.1, 0.15) is 22.8 Å². The van der Waals surface area contributed by atoms with Crippen LogP contribution in [0.2, 0.25) is 5.02 Å². The molecule has 0 spiro atoms. The van der Waals surface area contributed by atoms with Gasteiger partial charge in [0.1, 0.15) is 0 Å². The summed E-state index contributed by atoms with van der Waals surface area (Å²) in [5, 5.41) is 0.429. The number of hydrogen-bond acceptors (Lipinski definition) is 4. The lowest BCUT2D eigenvalue weighted by Gasteiger charge is -2.22. The van der Waals surface area contributed by atoms with Gasteiger partial charge in [0.2, 0.25) is 0 Å². The van der Waals surface area contributed by atoms with Gasteiger partial charge in [-0.1, -0.05) is 41.9 Å². The third-order valence-electron chi connectivity index (χ3n) is 3.59. The molecule has 5 heteroatoms. The number of esters is 1. The van der Waals surface area contributed by atoms with Crippen LogP contribution in [-0.2, 0) is 9.53 Å². The first kappa shape index (κ1) is 15.4. The maximum absolute atomic E-state index is 12.8. The molecule has 0 N–H and O–H groups in total. The number of ketones is 1. The van der Waals surface area contributed by atoms with Gasteiger partial charge in [-0.15, -0.1) is 0 Å². The number of carbonyl (C=O) groups is 2. The first-order chi connectivity index (χ1) is 11.1. The van der Waals surface area contributed by atoms with Crippen LogP contribution in [0.4, 0.5) is 5.69 Å². The van der Waals surface area contributed by atoms with Gasteiger partial charge in [0.05, 0.1) is 18.0 Å². The SMILES string of the molecule is CCOC(=O)C1C(=O)c2cc(Cl)ccc2N=C1c1ccccc1. The molecule has 1 atom stereocenters. The Morgan fingerprint density at radius 3 is 2.65 bits per heavy atom. The molecule has 0 saturated carbocycles. The Balaban J connectivity index is 2.17. The average Bonchev–Trinajstić information content (AvgIpc) is 2.56. The fourth-order valence-corrected chi connectivity index (χ4v) is 2.73. The molecule has 0 aromatic heterocycles. The quantitative estimate of drug-likeness (QED) is 0.636. The summed E-state index contributed by atoms with van der Waals surface area (Å²) in [6.07, 6.45) is 0. The molecule has 3 rings (SSSR count). The molecule has 23 heavy (non-hydrogen) atoms. The number of halogens is 1. The Bertz CT molecular complexity index is 799. The van der Waals surface area contributed by atoms with E-state index in [0.717, 1.165) is 5.56 Å². The van der Waals surface area contributed by atoms with Gasteiger partial charge >= 0.3 is 5.97 Å². The van der Waals surface area contributed by atoms with Gasteiger partial charge in [0, 0.05) is 10.6 Å². The number of fused-ring (bicyclic) bond motifs is 1. The number of aliphatic imine (C=N–C) groups is 1. The van der Waals surface area contributed by atoms with E-state index in [1.54, 1.807) is 19.1 Å². The number of nitrogens with zero attached hydrogens (tertiary/aromatic N) is 1. The van der Waals surface area contributed by atoms with Crippen molar-refractivity contribution < 1.29 is 14.3 Å². The van der Waals surface area contributed by atoms with Crippen molar-refractivity contribution in [1.29, 1.82) is 0 Å². The van der Waals surface area contributed by atoms with E-state index in [9.17, 15) is 9.59 Å². The molecule has 0 radical (unpaired) electrons. The smallest absolute Gasteiger partial charge is 0.323 e. The summed E-state index contributed by atoms with van der Waals surface area (Å²) in [5.41, 5.74) is 1.98. The Morgan fingerprint density at radius 1 is 1.22 bits per heavy atom. The molecule has 0 fully saturated rings. The van der Waals surface area contributed by atoms with Gasteiger partial charge in [-0.25, -0.2) is 0 Å². The molecular formula is C18H14ClNO3. The maximum Gasteiger partial charge on any atom is 0.323 e. The first-order valence-corrected chi connectivity index (χ1v) is 7.64. The van der Waals surface area contributed by atoms with E-state index in [1.807, 2.05) is 30.3 Å². The largest absolute Gasteiger partial charge is 0.465 e. The van der Waals surface area contributed by atoms with Crippen LogP contribution >= 0.6 is 11.6 Å². The summed E-state index contributed by atoms with van der Waals surface area (Å²) in [4.78, 5) is 29.7. The Kier molecular flexibility index (Phi) is 4.26. The molecule has 0 amide bonds. The summed E-state index contributed by atoms with van der Waals surface area (Å²) in [7, 11) is 0. The molecule has 2 aromatic carbocycles. The predicted molar refractivity (Wildman–Crippen MR) is 88.5 cm³/mol. The van der Waals surface area contributed by atoms with Gasteiger partial charge in [0.25, 0.3) is 0 Å². The van der Waals surface area contributed by atoms with Crippen molar-refractivity contribution in [3.63, 3.8) is 0 Å². The van der Waals surface area contributed by atoms with Crippen LogP contribution in [0.25, 0.3) is 0 Å². The predicted octanol–water partition coefficient (Wildman–Crippen LogP) is 3.84. The lowest BCUT2D eigenvalue weighted by molar-refractivity contribution is -0.144. The Hall–Kier alpha value is -2.46. The lowest BCUT2D eigenvalue weighted by Crippen LogP contribution is -2.36. The molecule has 0 saturated heterocycles. The van der Waals surface area contributed by atoms with E-state index in [4.69, 9.17) is 16.3 Å². The van der Waals surface area contributed by atoms with Gasteiger partial charge in [-0.3, -0.25) is 14.6 Å². The van der Waals surface area contributed by atoms with E-state index < -0.39 is 11.9 Å². The fraction of sp³-hybridized carbons (Fsp3) is 0.167. The van der Waals surface area contributed by atoms with Crippen molar-refractivity contribution in [1.82, 2.24) is 0 Å². The van der Waals surface area contributed by atoms with Crippen LogP contribution in [0.3, 0.4) is 0 Å². The summed E-state index contributed by atoms with van der Waals surface area (Å²) >= 11 is 5.97. The molecule has 116 valence electrons. The minimum absolute atomic E-state index is 0.201. The van der Waals surface area contributed by atoms with Gasteiger partial charge < -0.3 is 4.74 Å². The highest BCUT2D eigenvalue weighted by atomic mass is 35.5. The van der Waals surface area contributed by atoms with E-state index in [1.165, 1.54) is 6.07 Å². The second kappa shape index (κ2) is 6.34. The van der Waals surface area contributed by atoms with Gasteiger partial charge in [0.15, 0.2) is 11.7 Å². The van der Waals surface area contributed by atoms with E-state index in [-0.39, 0.29) is 12.4 Å². The standard InChI is InChI=1S/C18H14ClNO3/c1-2-23-18(22)15-16(11-6-4-3-5-7-11)20-14-9-8-12(19)10-13(14)17(15)21/h3-10,15H,2H2,1H3. The number of ether oxygens (including phenoxy) is 1. The van der Waals surface area contributed by atoms with Crippen molar-refractivity contribution >= 4 is 34.8 Å². The van der Waals surface area contributed by atoms with Gasteiger partial charge in [-0.2, -0.15) is 0 Å². The zero-order valence-corrected chi connectivity index (χ0v) is 13.2. The van der Waals surface area contributed by atoms with Crippen molar-refractivity contribution in [2.75, 3.05) is 6.61 Å². The topological polar surface area (TPSA) is 55.7 Å². The zero-order chi connectivity index (χ0) is 16.4. The lowest BCUT2D eigenvalue weighted by atomic mass is 9.86. The minimum Gasteiger partial charge on any atom is -0.465 e. The molecule has 0 aliphatic carbocycles. The van der Waals surface area contributed by atoms with Crippen molar-refractivity contribution in [3.05, 3.63) is 64.7 Å². The molecule has 4 nitrogen and oxygen atoms in total. The zero-order valence-electron chi connectivity index (χ0n) is 12.5.